The lowest BCUT2D eigenvalue weighted by Crippen LogP contribution is -2.13. The van der Waals surface area contributed by atoms with Crippen LogP contribution in [0.25, 0.3) is 0 Å². The van der Waals surface area contributed by atoms with Crippen LogP contribution in [0, 0.1) is 11.3 Å². The van der Waals surface area contributed by atoms with Gasteiger partial charge in [0, 0.05) is 11.9 Å². The van der Waals surface area contributed by atoms with Crippen LogP contribution in [0.5, 0.6) is 0 Å². The van der Waals surface area contributed by atoms with E-state index in [4.69, 9.17) is 10.00 Å². The number of aromatic nitrogens is 1. The number of benzene rings is 1. The number of anilines is 1. The summed E-state index contributed by atoms with van der Waals surface area (Å²) in [6, 6.07) is 11.7. The predicted molar refractivity (Wildman–Crippen MR) is 76.4 cm³/mol. The van der Waals surface area contributed by atoms with Crippen LogP contribution in [-0.2, 0) is 11.3 Å². The molecule has 1 N–H and O–H groups in total. The highest BCUT2D eigenvalue weighted by molar-refractivity contribution is 7.13. The van der Waals surface area contributed by atoms with Gasteiger partial charge in [-0.05, 0) is 12.5 Å². The molecule has 0 radical (unpaired) electrons. The number of carbonyl (C=O) groups excluding carboxylic acids is 1. The minimum Gasteiger partial charge on any atom is -0.442 e. The van der Waals surface area contributed by atoms with E-state index in [-0.39, 0.29) is 5.69 Å². The van der Waals surface area contributed by atoms with Crippen LogP contribution in [0.2, 0.25) is 0 Å². The van der Waals surface area contributed by atoms with Crippen LogP contribution in [-0.4, -0.2) is 17.1 Å². The van der Waals surface area contributed by atoms with Crippen LogP contribution in [0.15, 0.2) is 35.7 Å². The van der Waals surface area contributed by atoms with E-state index in [0.717, 1.165) is 5.56 Å². The van der Waals surface area contributed by atoms with Crippen molar-refractivity contribution in [1.82, 2.24) is 4.98 Å². The molecule has 1 aromatic heterocycles. The summed E-state index contributed by atoms with van der Waals surface area (Å²) >= 11 is 1.33. The van der Waals surface area contributed by atoms with Gasteiger partial charge in [0.25, 0.3) is 0 Å². The molecule has 102 valence electrons. The maximum atomic E-state index is 11.6. The van der Waals surface area contributed by atoms with Gasteiger partial charge in [-0.25, -0.2) is 9.78 Å². The Kier molecular flexibility index (Phi) is 4.69. The van der Waals surface area contributed by atoms with Crippen molar-refractivity contribution in [2.75, 3.05) is 5.32 Å². The number of nitrogens with zero attached hydrogens (tertiary/aromatic N) is 2. The topological polar surface area (TPSA) is 75.0 Å². The lowest BCUT2D eigenvalue weighted by atomic mass is 10.2. The number of hydrogen-bond donors (Lipinski definition) is 1. The second-order valence-corrected chi connectivity index (χ2v) is 4.91. The Labute approximate surface area is 120 Å². The summed E-state index contributed by atoms with van der Waals surface area (Å²) in [5, 5.41) is 14.0. The number of ether oxygens (including phenoxy) is 1. The van der Waals surface area contributed by atoms with E-state index < -0.39 is 12.1 Å². The molecule has 1 heterocycles. The van der Waals surface area contributed by atoms with Crippen molar-refractivity contribution in [2.45, 2.75) is 19.6 Å². The van der Waals surface area contributed by atoms with Gasteiger partial charge in [-0.2, -0.15) is 5.26 Å². The summed E-state index contributed by atoms with van der Waals surface area (Å²) in [7, 11) is 0. The Bertz CT molecular complexity index is 619. The summed E-state index contributed by atoms with van der Waals surface area (Å²) in [5.74, 6) is -0.580. The normalized spacial score (nSPS) is 11.4. The van der Waals surface area contributed by atoms with E-state index in [1.54, 1.807) is 5.38 Å². The molecular formula is C14H13N3O2S. The van der Waals surface area contributed by atoms with Gasteiger partial charge in [-0.1, -0.05) is 30.3 Å². The standard InChI is InChI=1S/C14H13N3O2S/c1-10(7-15)19-13(18)12-9-20-14(17-12)16-8-11-5-3-2-4-6-11/h2-6,9-10H,8H2,1H3,(H,16,17)/t10-/m1/s1. The first-order valence-electron chi connectivity index (χ1n) is 6.03. The molecule has 0 saturated heterocycles. The lowest BCUT2D eigenvalue weighted by molar-refractivity contribution is 0.0429. The predicted octanol–water partition coefficient (Wildman–Crippen LogP) is 2.82. The Morgan fingerprint density at radius 3 is 2.95 bits per heavy atom. The number of nitrogens with one attached hydrogen (secondary N) is 1. The molecule has 0 aliphatic carbocycles. The van der Waals surface area contributed by atoms with Gasteiger partial charge in [-0.15, -0.1) is 11.3 Å². The highest BCUT2D eigenvalue weighted by atomic mass is 32.1. The summed E-state index contributed by atoms with van der Waals surface area (Å²) in [4.78, 5) is 15.8. The molecule has 0 aliphatic heterocycles. The monoisotopic (exact) mass is 287 g/mol. The molecule has 0 aliphatic rings. The number of hydrogen-bond acceptors (Lipinski definition) is 6. The van der Waals surface area contributed by atoms with E-state index in [1.807, 2.05) is 36.4 Å². The van der Waals surface area contributed by atoms with E-state index >= 15 is 0 Å². The average molecular weight is 287 g/mol. The average Bonchev–Trinajstić information content (AvgIpc) is 2.95. The largest absolute Gasteiger partial charge is 0.442 e. The van der Waals surface area contributed by atoms with Gasteiger partial charge in [0.1, 0.15) is 6.07 Å². The second kappa shape index (κ2) is 6.68. The third-order valence-corrected chi connectivity index (χ3v) is 3.27. The first-order chi connectivity index (χ1) is 9.69. The first kappa shape index (κ1) is 14.0. The molecule has 1 atom stereocenters. The summed E-state index contributed by atoms with van der Waals surface area (Å²) in [5.41, 5.74) is 1.34. The molecule has 0 fully saturated rings. The third-order valence-electron chi connectivity index (χ3n) is 2.47. The lowest BCUT2D eigenvalue weighted by Gasteiger charge is -2.03. The number of carbonyl (C=O) groups is 1. The van der Waals surface area contributed by atoms with Crippen molar-refractivity contribution >= 4 is 22.4 Å². The highest BCUT2D eigenvalue weighted by Gasteiger charge is 2.15. The number of thiazole rings is 1. The summed E-state index contributed by atoms with van der Waals surface area (Å²) in [6.45, 7) is 2.15. The Morgan fingerprint density at radius 1 is 1.50 bits per heavy atom. The molecule has 2 aromatic rings. The van der Waals surface area contributed by atoms with E-state index in [9.17, 15) is 4.79 Å². The van der Waals surface area contributed by atoms with E-state index in [2.05, 4.69) is 10.3 Å². The van der Waals surface area contributed by atoms with Gasteiger partial charge in [-0.3, -0.25) is 0 Å². The Balaban J connectivity index is 1.92. The Hall–Kier alpha value is -2.39. The van der Waals surface area contributed by atoms with E-state index in [0.29, 0.717) is 11.7 Å². The maximum absolute atomic E-state index is 11.6. The van der Waals surface area contributed by atoms with Crippen molar-refractivity contribution in [2.24, 2.45) is 0 Å². The van der Waals surface area contributed by atoms with Crippen molar-refractivity contribution in [1.29, 1.82) is 5.26 Å². The van der Waals surface area contributed by atoms with Crippen molar-refractivity contribution in [3.63, 3.8) is 0 Å². The minimum atomic E-state index is -0.773. The van der Waals surface area contributed by atoms with Crippen LogP contribution in [0.3, 0.4) is 0 Å². The van der Waals surface area contributed by atoms with Gasteiger partial charge in [0.05, 0.1) is 0 Å². The molecule has 20 heavy (non-hydrogen) atoms. The molecule has 0 saturated carbocycles. The third kappa shape index (κ3) is 3.80. The Morgan fingerprint density at radius 2 is 2.25 bits per heavy atom. The minimum absolute atomic E-state index is 0.215. The van der Waals surface area contributed by atoms with Crippen molar-refractivity contribution in [3.8, 4) is 6.07 Å². The molecule has 2 rings (SSSR count). The molecule has 0 bridgehead atoms. The molecule has 0 unspecified atom stereocenters. The molecule has 6 heteroatoms. The quantitative estimate of drug-likeness (QED) is 0.856. The SMILES string of the molecule is C[C@H](C#N)OC(=O)c1csc(NCc2ccccc2)n1. The second-order valence-electron chi connectivity index (χ2n) is 4.05. The highest BCUT2D eigenvalue weighted by Crippen LogP contribution is 2.17. The smallest absolute Gasteiger partial charge is 0.359 e. The van der Waals surface area contributed by atoms with Crippen molar-refractivity contribution in [3.05, 3.63) is 47.0 Å². The fourth-order valence-corrected chi connectivity index (χ4v) is 2.15. The van der Waals surface area contributed by atoms with Gasteiger partial charge in [0.2, 0.25) is 0 Å². The molecule has 0 amide bonds. The summed E-state index contributed by atoms with van der Waals surface area (Å²) < 4.78 is 4.88. The molecule has 1 aromatic carbocycles. The zero-order valence-electron chi connectivity index (χ0n) is 10.9. The fourth-order valence-electron chi connectivity index (χ4n) is 1.47. The van der Waals surface area contributed by atoms with Crippen molar-refractivity contribution < 1.29 is 9.53 Å². The van der Waals surface area contributed by atoms with Crippen LogP contribution in [0.1, 0.15) is 23.0 Å². The van der Waals surface area contributed by atoms with Gasteiger partial charge < -0.3 is 10.1 Å². The van der Waals surface area contributed by atoms with E-state index in [1.165, 1.54) is 18.3 Å². The first-order valence-corrected chi connectivity index (χ1v) is 6.91. The van der Waals surface area contributed by atoms with Crippen LogP contribution >= 0.6 is 11.3 Å². The maximum Gasteiger partial charge on any atom is 0.359 e. The number of nitriles is 1. The number of rotatable bonds is 5. The van der Waals surface area contributed by atoms with Crippen LogP contribution < -0.4 is 5.32 Å². The van der Waals surface area contributed by atoms with Gasteiger partial charge >= 0.3 is 5.97 Å². The summed E-state index contributed by atoms with van der Waals surface area (Å²) in [6.07, 6.45) is -0.773. The van der Waals surface area contributed by atoms with Gasteiger partial charge in [0.15, 0.2) is 16.9 Å². The fraction of sp³-hybridized carbons (Fsp3) is 0.214. The zero-order chi connectivity index (χ0) is 14.4. The molecule has 0 spiro atoms. The molecule has 5 nitrogen and oxygen atoms in total. The number of esters is 1. The molecular weight excluding hydrogens is 274 g/mol. The zero-order valence-corrected chi connectivity index (χ0v) is 11.7. The van der Waals surface area contributed by atoms with Crippen LogP contribution in [0.4, 0.5) is 5.13 Å².